The number of benzene rings is 2. The second-order valence-corrected chi connectivity index (χ2v) is 7.81. The molecule has 1 N–H and O–H groups in total. The molecule has 2 aromatic rings. The number of carbonyl (C=O) groups is 1. The average Bonchev–Trinajstić information content (AvgIpc) is 2.58. The van der Waals surface area contributed by atoms with Crippen molar-refractivity contribution in [3.63, 3.8) is 0 Å². The van der Waals surface area contributed by atoms with E-state index in [0.717, 1.165) is 5.56 Å². The third-order valence-corrected chi connectivity index (χ3v) is 5.69. The molecule has 3 nitrogen and oxygen atoms in total. The molecule has 0 aromatic heterocycles. The molecule has 0 aliphatic rings. The van der Waals surface area contributed by atoms with Gasteiger partial charge >= 0.3 is 5.97 Å². The molecule has 7 heteroatoms. The van der Waals surface area contributed by atoms with Crippen LogP contribution in [-0.4, -0.2) is 11.1 Å². The Labute approximate surface area is 172 Å². The number of phenolic OH excluding ortho intramolecular Hbond substituents is 1. The lowest BCUT2D eigenvalue weighted by Crippen LogP contribution is -2.20. The molecule has 0 atom stereocenters. The van der Waals surface area contributed by atoms with Crippen molar-refractivity contribution >= 4 is 52.4 Å². The summed E-state index contributed by atoms with van der Waals surface area (Å²) in [5.41, 5.74) is 0.933. The van der Waals surface area contributed by atoms with Gasteiger partial charge in [-0.05, 0) is 24.6 Å². The van der Waals surface area contributed by atoms with Crippen LogP contribution in [0.15, 0.2) is 36.4 Å². The van der Waals surface area contributed by atoms with Gasteiger partial charge in [0.15, 0.2) is 5.75 Å². The van der Waals surface area contributed by atoms with Crippen LogP contribution < -0.4 is 4.74 Å². The van der Waals surface area contributed by atoms with Crippen molar-refractivity contribution in [3.05, 3.63) is 67.6 Å². The van der Waals surface area contributed by atoms with Crippen molar-refractivity contribution in [1.29, 1.82) is 0 Å². The molecule has 0 spiro atoms. The first-order chi connectivity index (χ1) is 12.0. The van der Waals surface area contributed by atoms with E-state index in [1.165, 1.54) is 0 Å². The first-order valence-electron chi connectivity index (χ1n) is 7.52. The SMILES string of the molecule is C=C(C)C(=O)Oc1ccc(C(C)(C)c2c(Cl)c(Cl)c(O)c(Cl)c2Cl)cc1. The Hall–Kier alpha value is -1.39. The summed E-state index contributed by atoms with van der Waals surface area (Å²) in [6.45, 7) is 8.89. The average molecular weight is 434 g/mol. The van der Waals surface area contributed by atoms with Crippen LogP contribution in [0.5, 0.6) is 11.5 Å². The normalized spacial score (nSPS) is 11.3. The molecular weight excluding hydrogens is 418 g/mol. The highest BCUT2D eigenvalue weighted by Crippen LogP contribution is 2.50. The van der Waals surface area contributed by atoms with Gasteiger partial charge in [0, 0.05) is 16.6 Å². The fourth-order valence-electron chi connectivity index (χ4n) is 2.45. The van der Waals surface area contributed by atoms with Gasteiger partial charge in [-0.25, -0.2) is 4.79 Å². The van der Waals surface area contributed by atoms with E-state index < -0.39 is 11.4 Å². The highest BCUT2D eigenvalue weighted by Gasteiger charge is 2.32. The number of carbonyl (C=O) groups excluding carboxylic acids is 1. The first-order valence-corrected chi connectivity index (χ1v) is 9.03. The smallest absolute Gasteiger partial charge is 0.338 e. The van der Waals surface area contributed by atoms with E-state index in [-0.39, 0.29) is 25.8 Å². The molecular formula is C19H16Cl4O3. The Morgan fingerprint density at radius 1 is 1.00 bits per heavy atom. The van der Waals surface area contributed by atoms with Crippen molar-refractivity contribution in [3.8, 4) is 11.5 Å². The summed E-state index contributed by atoms with van der Waals surface area (Å²) in [6.07, 6.45) is 0. The van der Waals surface area contributed by atoms with Crippen LogP contribution in [0.3, 0.4) is 0 Å². The lowest BCUT2D eigenvalue weighted by atomic mass is 9.78. The summed E-state index contributed by atoms with van der Waals surface area (Å²) < 4.78 is 5.18. The van der Waals surface area contributed by atoms with Crippen molar-refractivity contribution in [2.75, 3.05) is 0 Å². The quantitative estimate of drug-likeness (QED) is 0.249. The molecule has 2 rings (SSSR count). The van der Waals surface area contributed by atoms with Gasteiger partial charge in [0.1, 0.15) is 15.8 Å². The Balaban J connectivity index is 2.49. The minimum Gasteiger partial charge on any atom is -0.505 e. The second-order valence-electron chi connectivity index (χ2n) is 6.30. The summed E-state index contributed by atoms with van der Waals surface area (Å²) in [5, 5.41) is 10.0. The van der Waals surface area contributed by atoms with Crippen LogP contribution in [0.4, 0.5) is 0 Å². The highest BCUT2D eigenvalue weighted by molar-refractivity contribution is 6.49. The number of hydrogen-bond donors (Lipinski definition) is 1. The Morgan fingerprint density at radius 3 is 1.88 bits per heavy atom. The maximum absolute atomic E-state index is 11.6. The number of rotatable bonds is 4. The van der Waals surface area contributed by atoms with E-state index in [1.54, 1.807) is 31.2 Å². The monoisotopic (exact) mass is 432 g/mol. The van der Waals surface area contributed by atoms with Gasteiger partial charge < -0.3 is 9.84 Å². The van der Waals surface area contributed by atoms with E-state index in [4.69, 9.17) is 51.1 Å². The predicted octanol–water partition coefficient (Wildman–Crippen LogP) is 6.81. The molecule has 0 unspecified atom stereocenters. The van der Waals surface area contributed by atoms with Gasteiger partial charge in [0.05, 0.1) is 10.0 Å². The molecule has 0 aliphatic carbocycles. The number of esters is 1. The largest absolute Gasteiger partial charge is 0.505 e. The van der Waals surface area contributed by atoms with Gasteiger partial charge in [-0.3, -0.25) is 0 Å². The molecule has 0 radical (unpaired) electrons. The molecule has 0 bridgehead atoms. The zero-order chi connectivity index (χ0) is 19.8. The zero-order valence-electron chi connectivity index (χ0n) is 14.3. The first kappa shape index (κ1) is 20.9. The van der Waals surface area contributed by atoms with Crippen LogP contribution in [0.25, 0.3) is 0 Å². The Bertz CT molecular complexity index is 858. The van der Waals surface area contributed by atoms with Gasteiger partial charge in [-0.1, -0.05) is 79.0 Å². The van der Waals surface area contributed by atoms with Crippen molar-refractivity contribution in [2.24, 2.45) is 0 Å². The number of ether oxygens (including phenoxy) is 1. The molecule has 0 aliphatic heterocycles. The Morgan fingerprint density at radius 2 is 1.46 bits per heavy atom. The van der Waals surface area contributed by atoms with E-state index in [2.05, 4.69) is 6.58 Å². The summed E-state index contributed by atoms with van der Waals surface area (Å²) in [7, 11) is 0. The zero-order valence-corrected chi connectivity index (χ0v) is 17.3. The van der Waals surface area contributed by atoms with Crippen LogP contribution in [0.2, 0.25) is 20.1 Å². The molecule has 138 valence electrons. The highest BCUT2D eigenvalue weighted by atomic mass is 35.5. The third-order valence-electron chi connectivity index (χ3n) is 4.00. The molecule has 26 heavy (non-hydrogen) atoms. The molecule has 0 saturated heterocycles. The fraction of sp³-hybridized carbons (Fsp3) is 0.211. The minimum absolute atomic E-state index is 0.0591. The topological polar surface area (TPSA) is 46.5 Å². The van der Waals surface area contributed by atoms with Crippen LogP contribution in [-0.2, 0) is 10.2 Å². The standard InChI is InChI=1S/C19H16Cl4O3/c1-9(2)18(25)26-11-7-5-10(6-8-11)19(3,4)12-13(20)15(22)17(24)16(23)14(12)21/h5-8,24H,1H2,2-4H3. The molecule has 0 fully saturated rings. The maximum Gasteiger partial charge on any atom is 0.338 e. The summed E-state index contributed by atoms with van der Waals surface area (Å²) in [6, 6.07) is 6.87. The van der Waals surface area contributed by atoms with Crippen molar-refractivity contribution in [1.82, 2.24) is 0 Å². The van der Waals surface area contributed by atoms with Gasteiger partial charge in [-0.2, -0.15) is 0 Å². The number of aromatic hydroxyl groups is 1. The maximum atomic E-state index is 11.6. The number of phenols is 1. The van der Waals surface area contributed by atoms with Crippen LogP contribution in [0.1, 0.15) is 31.9 Å². The molecule has 0 saturated carbocycles. The van der Waals surface area contributed by atoms with Gasteiger partial charge in [-0.15, -0.1) is 0 Å². The number of hydrogen-bond acceptors (Lipinski definition) is 3. The van der Waals surface area contributed by atoms with Gasteiger partial charge in [0.2, 0.25) is 0 Å². The van der Waals surface area contributed by atoms with Crippen molar-refractivity contribution < 1.29 is 14.6 Å². The van der Waals surface area contributed by atoms with E-state index in [9.17, 15) is 9.90 Å². The lowest BCUT2D eigenvalue weighted by Gasteiger charge is -2.29. The Kier molecular flexibility index (Phi) is 6.19. The second kappa shape index (κ2) is 7.69. The predicted molar refractivity (Wildman–Crippen MR) is 107 cm³/mol. The van der Waals surface area contributed by atoms with Crippen LogP contribution >= 0.6 is 46.4 Å². The minimum atomic E-state index is -0.688. The van der Waals surface area contributed by atoms with Crippen LogP contribution in [0, 0.1) is 0 Å². The molecule has 0 amide bonds. The molecule has 0 heterocycles. The van der Waals surface area contributed by atoms with E-state index in [1.807, 2.05) is 13.8 Å². The summed E-state index contributed by atoms with van der Waals surface area (Å²) in [4.78, 5) is 11.6. The number of halogens is 4. The summed E-state index contributed by atoms with van der Waals surface area (Å²) >= 11 is 24.8. The van der Waals surface area contributed by atoms with Crippen molar-refractivity contribution in [2.45, 2.75) is 26.2 Å². The molecule has 2 aromatic carbocycles. The van der Waals surface area contributed by atoms with E-state index in [0.29, 0.717) is 16.9 Å². The third kappa shape index (κ3) is 3.81. The van der Waals surface area contributed by atoms with E-state index >= 15 is 0 Å². The summed E-state index contributed by atoms with van der Waals surface area (Å²) in [5.74, 6) is -0.471. The van der Waals surface area contributed by atoms with Gasteiger partial charge in [0.25, 0.3) is 0 Å². The lowest BCUT2D eigenvalue weighted by molar-refractivity contribution is -0.130. The fourth-order valence-corrected chi connectivity index (χ4v) is 3.76.